The zero-order valence-electron chi connectivity index (χ0n) is 13.6. The number of rotatable bonds is 6. The third kappa shape index (κ3) is 4.43. The van der Waals surface area contributed by atoms with Crippen LogP contribution in [-0.2, 0) is 6.42 Å². The quantitative estimate of drug-likeness (QED) is 0.472. The Hall–Kier alpha value is -2.25. The van der Waals surface area contributed by atoms with Crippen molar-refractivity contribution in [1.29, 1.82) is 0 Å². The van der Waals surface area contributed by atoms with E-state index in [-0.39, 0.29) is 0 Å². The molecule has 1 aromatic heterocycles. The summed E-state index contributed by atoms with van der Waals surface area (Å²) in [5.41, 5.74) is 2.08. The molecule has 0 saturated heterocycles. The lowest BCUT2D eigenvalue weighted by Gasteiger charge is -2.06. The molecular formula is C18H17BrN4OS. The average Bonchev–Trinajstić information content (AvgIpc) is 2.96. The highest BCUT2D eigenvalue weighted by Gasteiger charge is 2.06. The molecule has 2 aromatic carbocycles. The molecule has 0 unspecified atom stereocenters. The van der Waals surface area contributed by atoms with Gasteiger partial charge in [-0.1, -0.05) is 30.3 Å². The molecule has 1 N–H and O–H groups in total. The second kappa shape index (κ2) is 8.22. The van der Waals surface area contributed by atoms with Gasteiger partial charge in [-0.2, -0.15) is 14.9 Å². The van der Waals surface area contributed by atoms with Crippen molar-refractivity contribution in [3.8, 4) is 5.75 Å². The predicted molar refractivity (Wildman–Crippen MR) is 105 cm³/mol. The maximum atomic E-state index is 5.52. The Balaban J connectivity index is 1.83. The number of aromatic amines is 1. The maximum Gasteiger partial charge on any atom is 0.216 e. The van der Waals surface area contributed by atoms with Crippen LogP contribution in [0.15, 0.2) is 58.1 Å². The van der Waals surface area contributed by atoms with Gasteiger partial charge in [0.1, 0.15) is 5.75 Å². The van der Waals surface area contributed by atoms with Crippen LogP contribution < -0.4 is 4.74 Å². The molecule has 5 nitrogen and oxygen atoms in total. The Morgan fingerprint density at radius 1 is 1.28 bits per heavy atom. The number of ether oxygens (including phenoxy) is 1. The lowest BCUT2D eigenvalue weighted by molar-refractivity contribution is 0.338. The van der Waals surface area contributed by atoms with Gasteiger partial charge in [0.2, 0.25) is 4.77 Å². The lowest BCUT2D eigenvalue weighted by Crippen LogP contribution is -2.00. The van der Waals surface area contributed by atoms with Crippen LogP contribution in [0.3, 0.4) is 0 Å². The number of nitrogens with one attached hydrogen (secondary N) is 1. The van der Waals surface area contributed by atoms with E-state index >= 15 is 0 Å². The summed E-state index contributed by atoms with van der Waals surface area (Å²) >= 11 is 8.79. The molecule has 25 heavy (non-hydrogen) atoms. The highest BCUT2D eigenvalue weighted by atomic mass is 79.9. The van der Waals surface area contributed by atoms with Gasteiger partial charge in [-0.3, -0.25) is 5.10 Å². The summed E-state index contributed by atoms with van der Waals surface area (Å²) < 4.78 is 8.52. The molecule has 3 rings (SSSR count). The number of hydrogen-bond acceptors (Lipinski definition) is 4. The third-order valence-electron chi connectivity index (χ3n) is 3.50. The minimum atomic E-state index is 0.465. The van der Waals surface area contributed by atoms with Crippen molar-refractivity contribution in [2.45, 2.75) is 13.3 Å². The summed E-state index contributed by atoms with van der Waals surface area (Å²) in [5, 5.41) is 11.6. The Bertz CT molecular complexity index is 934. The molecule has 0 fully saturated rings. The van der Waals surface area contributed by atoms with Crippen molar-refractivity contribution < 1.29 is 4.74 Å². The van der Waals surface area contributed by atoms with Crippen molar-refractivity contribution in [3.63, 3.8) is 0 Å². The van der Waals surface area contributed by atoms with Crippen LogP contribution in [-0.4, -0.2) is 27.7 Å². The molecule has 3 aromatic rings. The van der Waals surface area contributed by atoms with Crippen LogP contribution in [0.2, 0.25) is 0 Å². The number of hydrogen-bond donors (Lipinski definition) is 1. The largest absolute Gasteiger partial charge is 0.493 e. The molecule has 7 heteroatoms. The molecule has 0 radical (unpaired) electrons. The van der Waals surface area contributed by atoms with Gasteiger partial charge in [-0.15, -0.1) is 0 Å². The predicted octanol–water partition coefficient (Wildman–Crippen LogP) is 4.57. The molecule has 0 saturated carbocycles. The summed E-state index contributed by atoms with van der Waals surface area (Å²) in [7, 11) is 0. The van der Waals surface area contributed by atoms with Crippen molar-refractivity contribution in [1.82, 2.24) is 14.9 Å². The van der Waals surface area contributed by atoms with Crippen molar-refractivity contribution in [2.24, 2.45) is 5.10 Å². The second-order valence-corrected chi connectivity index (χ2v) is 6.53. The van der Waals surface area contributed by atoms with Gasteiger partial charge in [0.25, 0.3) is 0 Å². The minimum absolute atomic E-state index is 0.465. The average molecular weight is 417 g/mol. The summed E-state index contributed by atoms with van der Waals surface area (Å²) in [6.07, 6.45) is 2.40. The molecule has 0 bridgehead atoms. The van der Waals surface area contributed by atoms with Crippen LogP contribution >= 0.6 is 28.1 Å². The molecule has 0 spiro atoms. The fourth-order valence-corrected chi connectivity index (χ4v) is 3.04. The summed E-state index contributed by atoms with van der Waals surface area (Å²) in [6, 6.07) is 15.9. The van der Waals surface area contributed by atoms with Gasteiger partial charge in [0.05, 0.1) is 17.3 Å². The molecule has 0 atom stereocenters. The molecular weight excluding hydrogens is 400 g/mol. The van der Waals surface area contributed by atoms with E-state index in [4.69, 9.17) is 17.0 Å². The zero-order chi connectivity index (χ0) is 17.6. The molecule has 0 aliphatic heterocycles. The van der Waals surface area contributed by atoms with Gasteiger partial charge in [-0.25, -0.2) is 0 Å². The Morgan fingerprint density at radius 3 is 2.80 bits per heavy atom. The second-order valence-electron chi connectivity index (χ2n) is 5.29. The third-order valence-corrected chi connectivity index (χ3v) is 4.38. The summed E-state index contributed by atoms with van der Waals surface area (Å²) in [4.78, 5) is 0. The van der Waals surface area contributed by atoms with Gasteiger partial charge in [-0.05, 0) is 64.4 Å². The van der Waals surface area contributed by atoms with E-state index in [0.29, 0.717) is 17.8 Å². The monoisotopic (exact) mass is 416 g/mol. The van der Waals surface area contributed by atoms with E-state index in [1.165, 1.54) is 0 Å². The molecule has 0 aliphatic carbocycles. The van der Waals surface area contributed by atoms with E-state index < -0.39 is 0 Å². The number of aromatic nitrogens is 3. The molecule has 128 valence electrons. The van der Waals surface area contributed by atoms with Crippen LogP contribution in [0.4, 0.5) is 0 Å². The van der Waals surface area contributed by atoms with E-state index in [1.807, 2.05) is 43.3 Å². The van der Waals surface area contributed by atoms with E-state index in [0.717, 1.165) is 27.2 Å². The Kier molecular flexibility index (Phi) is 5.78. The number of halogens is 1. The van der Waals surface area contributed by atoms with Crippen LogP contribution in [0.25, 0.3) is 0 Å². The van der Waals surface area contributed by atoms with Crippen molar-refractivity contribution in [2.75, 3.05) is 6.61 Å². The molecule has 1 heterocycles. The first-order valence-corrected chi connectivity index (χ1v) is 9.04. The minimum Gasteiger partial charge on any atom is -0.493 e. The highest BCUT2D eigenvalue weighted by Crippen LogP contribution is 2.25. The Labute approximate surface area is 159 Å². The van der Waals surface area contributed by atoms with Gasteiger partial charge in [0.15, 0.2) is 5.82 Å². The zero-order valence-corrected chi connectivity index (χ0v) is 16.0. The summed E-state index contributed by atoms with van der Waals surface area (Å²) in [6.45, 7) is 2.58. The first-order valence-electron chi connectivity index (χ1n) is 7.84. The maximum absolute atomic E-state index is 5.52. The normalized spacial score (nSPS) is 11.1. The lowest BCUT2D eigenvalue weighted by atomic mass is 10.1. The van der Waals surface area contributed by atoms with E-state index in [1.54, 1.807) is 10.9 Å². The first-order chi connectivity index (χ1) is 12.2. The van der Waals surface area contributed by atoms with Crippen LogP contribution in [0.1, 0.15) is 23.9 Å². The van der Waals surface area contributed by atoms with Gasteiger partial charge < -0.3 is 4.74 Å². The Morgan fingerprint density at radius 2 is 2.08 bits per heavy atom. The molecule has 0 amide bonds. The van der Waals surface area contributed by atoms with Crippen LogP contribution in [0, 0.1) is 4.77 Å². The van der Waals surface area contributed by atoms with E-state index in [2.05, 4.69) is 43.4 Å². The van der Waals surface area contributed by atoms with Crippen molar-refractivity contribution in [3.05, 3.63) is 74.7 Å². The van der Waals surface area contributed by atoms with Gasteiger partial charge in [0, 0.05) is 6.42 Å². The smallest absolute Gasteiger partial charge is 0.216 e. The SMILES string of the molecule is CCOc1ccc(/C=N\n2c(Cc3ccccc3)n[nH]c2=S)cc1Br. The summed E-state index contributed by atoms with van der Waals surface area (Å²) in [5.74, 6) is 1.57. The highest BCUT2D eigenvalue weighted by molar-refractivity contribution is 9.10. The van der Waals surface area contributed by atoms with Gasteiger partial charge >= 0.3 is 0 Å². The van der Waals surface area contributed by atoms with Crippen molar-refractivity contribution >= 4 is 34.4 Å². The standard InChI is InChI=1S/C18H17BrN4OS/c1-2-24-16-9-8-14(10-15(16)19)12-20-23-17(21-22-18(23)25)11-13-6-4-3-5-7-13/h3-10,12H,2,11H2,1H3,(H,22,25)/b20-12-. The number of nitrogens with zero attached hydrogens (tertiary/aromatic N) is 3. The fraction of sp³-hybridized carbons (Fsp3) is 0.167. The number of benzene rings is 2. The van der Waals surface area contributed by atoms with Crippen LogP contribution in [0.5, 0.6) is 5.75 Å². The number of H-pyrrole nitrogens is 1. The first kappa shape index (κ1) is 17.6. The fourth-order valence-electron chi connectivity index (χ4n) is 2.33. The molecule has 0 aliphatic rings. The topological polar surface area (TPSA) is 55.2 Å². The van der Waals surface area contributed by atoms with E-state index in [9.17, 15) is 0 Å².